The second kappa shape index (κ2) is 8.81. The van der Waals surface area contributed by atoms with Gasteiger partial charge >= 0.3 is 0 Å². The Labute approximate surface area is 157 Å². The summed E-state index contributed by atoms with van der Waals surface area (Å²) in [7, 11) is 5.04. The van der Waals surface area contributed by atoms with Crippen molar-refractivity contribution in [3.63, 3.8) is 0 Å². The Morgan fingerprint density at radius 2 is 2.12 bits per heavy atom. The second-order valence-electron chi connectivity index (χ2n) is 6.25. The SMILES string of the molecule is COc1ccc(-c2nn(C[NH+](C)CC(=O)NC(C)C)c(=S)o2)c(OC)c1. The zero-order valence-corrected chi connectivity index (χ0v) is 16.5. The number of aromatic nitrogens is 2. The molecule has 0 aliphatic rings. The van der Waals surface area contributed by atoms with E-state index in [-0.39, 0.29) is 16.8 Å². The summed E-state index contributed by atoms with van der Waals surface area (Å²) in [4.78, 5) is 13.0. The molecule has 2 rings (SSSR count). The van der Waals surface area contributed by atoms with Crippen LogP contribution in [0.3, 0.4) is 0 Å². The zero-order valence-electron chi connectivity index (χ0n) is 15.7. The van der Waals surface area contributed by atoms with Crippen LogP contribution in [-0.4, -0.2) is 49.5 Å². The molecule has 0 fully saturated rings. The van der Waals surface area contributed by atoms with Gasteiger partial charge in [0, 0.05) is 12.1 Å². The maximum Gasteiger partial charge on any atom is 0.292 e. The van der Waals surface area contributed by atoms with Gasteiger partial charge in [-0.25, -0.2) is 0 Å². The third kappa shape index (κ3) is 5.06. The number of amides is 1. The number of hydrogen-bond donors (Lipinski definition) is 2. The number of nitrogens with zero attached hydrogens (tertiary/aromatic N) is 2. The molecule has 0 bridgehead atoms. The van der Waals surface area contributed by atoms with Gasteiger partial charge in [-0.2, -0.15) is 4.68 Å². The minimum atomic E-state index is -0.0236. The molecule has 1 atom stereocenters. The van der Waals surface area contributed by atoms with E-state index in [0.29, 0.717) is 36.2 Å². The molecule has 1 unspecified atom stereocenters. The number of quaternary nitrogens is 1. The highest BCUT2D eigenvalue weighted by Crippen LogP contribution is 2.32. The van der Waals surface area contributed by atoms with E-state index in [9.17, 15) is 4.79 Å². The number of nitrogens with one attached hydrogen (secondary N) is 2. The van der Waals surface area contributed by atoms with Crippen molar-refractivity contribution in [2.45, 2.75) is 26.6 Å². The largest absolute Gasteiger partial charge is 0.497 e. The van der Waals surface area contributed by atoms with Crippen LogP contribution in [0.1, 0.15) is 13.8 Å². The number of likely N-dealkylation sites (N-methyl/N-ethyl adjacent to an activating group) is 1. The lowest BCUT2D eigenvalue weighted by atomic mass is 10.2. The highest BCUT2D eigenvalue weighted by atomic mass is 32.1. The van der Waals surface area contributed by atoms with E-state index < -0.39 is 0 Å². The van der Waals surface area contributed by atoms with E-state index in [1.54, 1.807) is 37.1 Å². The van der Waals surface area contributed by atoms with Crippen molar-refractivity contribution in [3.8, 4) is 23.0 Å². The maximum absolute atomic E-state index is 11.9. The van der Waals surface area contributed by atoms with Crippen molar-refractivity contribution in [2.24, 2.45) is 0 Å². The van der Waals surface area contributed by atoms with Crippen molar-refractivity contribution in [1.29, 1.82) is 0 Å². The molecule has 26 heavy (non-hydrogen) atoms. The van der Waals surface area contributed by atoms with E-state index in [2.05, 4.69) is 10.4 Å². The first kappa shape index (κ1) is 19.9. The molecule has 1 aromatic heterocycles. The van der Waals surface area contributed by atoms with Crippen molar-refractivity contribution >= 4 is 18.1 Å². The van der Waals surface area contributed by atoms with Crippen LogP contribution in [0.2, 0.25) is 0 Å². The van der Waals surface area contributed by atoms with Gasteiger partial charge in [0.1, 0.15) is 11.5 Å². The second-order valence-corrected chi connectivity index (χ2v) is 6.60. The summed E-state index contributed by atoms with van der Waals surface area (Å²) in [6.45, 7) is 4.57. The molecule has 1 aromatic carbocycles. The standard InChI is InChI=1S/C17H24N4O4S/c1-11(2)18-15(22)9-20(3)10-21-17(26)25-16(19-21)13-7-6-12(23-4)8-14(13)24-5/h6-8,11H,9-10H2,1-5H3,(H,18,22)/p+1. The van der Waals surface area contributed by atoms with Crippen molar-refractivity contribution in [1.82, 2.24) is 15.1 Å². The van der Waals surface area contributed by atoms with Crippen LogP contribution in [0.15, 0.2) is 22.6 Å². The first-order chi connectivity index (χ1) is 12.3. The van der Waals surface area contributed by atoms with Crippen molar-refractivity contribution in [3.05, 3.63) is 23.0 Å². The minimum absolute atomic E-state index is 0.0236. The lowest BCUT2D eigenvalue weighted by Gasteiger charge is -2.14. The molecule has 1 amide bonds. The molecule has 2 aromatic rings. The molecule has 0 saturated carbocycles. The van der Waals surface area contributed by atoms with Crippen LogP contribution in [0, 0.1) is 4.84 Å². The third-order valence-electron chi connectivity index (χ3n) is 3.58. The maximum atomic E-state index is 11.9. The Kier molecular flexibility index (Phi) is 6.76. The van der Waals surface area contributed by atoms with E-state index in [1.807, 2.05) is 20.9 Å². The monoisotopic (exact) mass is 381 g/mol. The summed E-state index contributed by atoms with van der Waals surface area (Å²) in [5, 5.41) is 7.29. The molecule has 0 radical (unpaired) electrons. The number of carbonyl (C=O) groups is 1. The fourth-order valence-corrected chi connectivity index (χ4v) is 2.63. The molecule has 0 saturated heterocycles. The summed E-state index contributed by atoms with van der Waals surface area (Å²) in [6.07, 6.45) is 0. The van der Waals surface area contributed by atoms with Gasteiger partial charge in [-0.3, -0.25) is 4.79 Å². The van der Waals surface area contributed by atoms with Crippen molar-refractivity contribution < 1.29 is 23.6 Å². The molecule has 9 heteroatoms. The van der Waals surface area contributed by atoms with Crippen LogP contribution in [0.25, 0.3) is 11.5 Å². The normalized spacial score (nSPS) is 12.1. The molecular formula is C17H25N4O4S+. The van der Waals surface area contributed by atoms with E-state index in [4.69, 9.17) is 26.1 Å². The molecule has 2 N–H and O–H groups in total. The topological polar surface area (TPSA) is 83.0 Å². The lowest BCUT2D eigenvalue weighted by Crippen LogP contribution is -3.09. The van der Waals surface area contributed by atoms with Gasteiger partial charge < -0.3 is 24.1 Å². The van der Waals surface area contributed by atoms with Gasteiger partial charge in [-0.05, 0) is 38.2 Å². The quantitative estimate of drug-likeness (QED) is 0.661. The highest BCUT2D eigenvalue weighted by molar-refractivity contribution is 7.71. The summed E-state index contributed by atoms with van der Waals surface area (Å²) >= 11 is 5.26. The molecule has 142 valence electrons. The van der Waals surface area contributed by atoms with E-state index in [0.717, 1.165) is 4.90 Å². The number of hydrogen-bond acceptors (Lipinski definition) is 6. The van der Waals surface area contributed by atoms with Gasteiger partial charge in [0.15, 0.2) is 13.2 Å². The summed E-state index contributed by atoms with van der Waals surface area (Å²) in [6, 6.07) is 5.46. The van der Waals surface area contributed by atoms with Gasteiger partial charge in [-0.1, -0.05) is 0 Å². The molecule has 0 aliphatic carbocycles. The number of carbonyl (C=O) groups excluding carboxylic acids is 1. The Bertz CT molecular complexity index is 815. The number of benzene rings is 1. The average molecular weight is 381 g/mol. The number of methoxy groups -OCH3 is 2. The average Bonchev–Trinajstić information content (AvgIpc) is 2.93. The first-order valence-electron chi connectivity index (χ1n) is 8.25. The predicted octanol–water partition coefficient (Wildman–Crippen LogP) is 0.887. The Balaban J connectivity index is 2.17. The summed E-state index contributed by atoms with van der Waals surface area (Å²) in [5.74, 6) is 1.58. The van der Waals surface area contributed by atoms with E-state index in [1.165, 1.54) is 0 Å². The first-order valence-corrected chi connectivity index (χ1v) is 8.66. The minimum Gasteiger partial charge on any atom is -0.497 e. The van der Waals surface area contributed by atoms with Crippen LogP contribution in [-0.2, 0) is 11.5 Å². The van der Waals surface area contributed by atoms with E-state index >= 15 is 0 Å². The fourth-order valence-electron chi connectivity index (χ4n) is 2.45. The fraction of sp³-hybridized carbons (Fsp3) is 0.471. The third-order valence-corrected chi connectivity index (χ3v) is 3.87. The van der Waals surface area contributed by atoms with Gasteiger partial charge in [0.2, 0.25) is 0 Å². The Morgan fingerprint density at radius 3 is 2.73 bits per heavy atom. The van der Waals surface area contributed by atoms with Gasteiger partial charge in [0.25, 0.3) is 16.6 Å². The Hall–Kier alpha value is -2.39. The lowest BCUT2D eigenvalue weighted by molar-refractivity contribution is -0.895. The van der Waals surface area contributed by atoms with Crippen LogP contribution >= 0.6 is 12.2 Å². The molecule has 8 nitrogen and oxygen atoms in total. The molecule has 1 heterocycles. The number of ether oxygens (including phenoxy) is 2. The number of rotatable bonds is 8. The summed E-state index contributed by atoms with van der Waals surface area (Å²) in [5.41, 5.74) is 0.674. The molecular weight excluding hydrogens is 356 g/mol. The van der Waals surface area contributed by atoms with Gasteiger partial charge in [-0.15, -0.1) is 5.10 Å². The predicted molar refractivity (Wildman–Crippen MR) is 98.9 cm³/mol. The van der Waals surface area contributed by atoms with Crippen molar-refractivity contribution in [2.75, 3.05) is 27.8 Å². The zero-order chi connectivity index (χ0) is 19.3. The Morgan fingerprint density at radius 1 is 1.38 bits per heavy atom. The van der Waals surface area contributed by atoms with Crippen LogP contribution in [0.5, 0.6) is 11.5 Å². The summed E-state index contributed by atoms with van der Waals surface area (Å²) < 4.78 is 17.8. The molecule has 0 aliphatic heterocycles. The van der Waals surface area contributed by atoms with Gasteiger partial charge in [0.05, 0.1) is 26.8 Å². The van der Waals surface area contributed by atoms with Crippen LogP contribution in [0.4, 0.5) is 0 Å². The highest BCUT2D eigenvalue weighted by Gasteiger charge is 2.17. The van der Waals surface area contributed by atoms with Crippen LogP contribution < -0.4 is 19.7 Å². The molecule has 0 spiro atoms. The smallest absolute Gasteiger partial charge is 0.292 e.